The van der Waals surface area contributed by atoms with Crippen LogP contribution in [0.2, 0.25) is 0 Å². The molecular weight excluding hydrogens is 279 g/mol. The number of halogens is 1. The summed E-state index contributed by atoms with van der Waals surface area (Å²) in [6.45, 7) is 4.16. The summed E-state index contributed by atoms with van der Waals surface area (Å²) in [6, 6.07) is 2.49. The number of nitrogens with two attached hydrogens (primary N) is 1. The third-order valence-corrected chi connectivity index (χ3v) is 6.04. The third-order valence-electron chi connectivity index (χ3n) is 3.98. The first-order chi connectivity index (χ1) is 9.36. The maximum Gasteiger partial charge on any atom is 0.243 e. The van der Waals surface area contributed by atoms with Crippen LogP contribution in [-0.4, -0.2) is 25.8 Å². The van der Waals surface area contributed by atoms with E-state index in [2.05, 4.69) is 0 Å². The number of nitrogen functional groups attached to an aromatic ring is 1. The molecule has 0 aliphatic heterocycles. The number of hydrogen-bond donors (Lipinski definition) is 1. The fraction of sp³-hybridized carbons (Fsp3) is 0.571. The minimum Gasteiger partial charge on any atom is -0.399 e. The van der Waals surface area contributed by atoms with Gasteiger partial charge in [0.15, 0.2) is 0 Å². The molecule has 2 N–H and O–H groups in total. The first kappa shape index (κ1) is 15.3. The highest BCUT2D eigenvalue weighted by Crippen LogP contribution is 2.30. The number of rotatable bonds is 5. The molecule has 2 rings (SSSR count). The van der Waals surface area contributed by atoms with Gasteiger partial charge in [0.1, 0.15) is 5.82 Å². The van der Waals surface area contributed by atoms with Crippen molar-refractivity contribution >= 4 is 15.7 Å². The standard InChI is InChI=1S/C14H21FN2O2S/c1-3-17(9-11-5-4-6-11)20(18,19)14-8-12(16)7-13(15)10(14)2/h7-8,11H,3-6,9,16H2,1-2H3. The SMILES string of the molecule is CCN(CC1CCC1)S(=O)(=O)c1cc(N)cc(F)c1C. The molecule has 1 aliphatic carbocycles. The maximum absolute atomic E-state index is 13.7. The van der Waals surface area contributed by atoms with E-state index in [0.29, 0.717) is 19.0 Å². The lowest BCUT2D eigenvalue weighted by Crippen LogP contribution is -2.37. The number of benzene rings is 1. The second-order valence-electron chi connectivity index (χ2n) is 5.38. The topological polar surface area (TPSA) is 63.4 Å². The average molecular weight is 300 g/mol. The van der Waals surface area contributed by atoms with Gasteiger partial charge in [0, 0.05) is 24.3 Å². The third kappa shape index (κ3) is 2.81. The Labute approximate surface area is 119 Å². The van der Waals surface area contributed by atoms with Crippen LogP contribution in [0.25, 0.3) is 0 Å². The van der Waals surface area contributed by atoms with Crippen molar-refractivity contribution in [2.45, 2.75) is 38.0 Å². The zero-order chi connectivity index (χ0) is 14.9. The van der Waals surface area contributed by atoms with Crippen molar-refractivity contribution in [3.63, 3.8) is 0 Å². The van der Waals surface area contributed by atoms with Gasteiger partial charge in [-0.3, -0.25) is 0 Å². The molecule has 0 spiro atoms. The highest BCUT2D eigenvalue weighted by atomic mass is 32.2. The van der Waals surface area contributed by atoms with E-state index in [-0.39, 0.29) is 16.1 Å². The number of sulfonamides is 1. The van der Waals surface area contributed by atoms with Crippen LogP contribution < -0.4 is 5.73 Å². The Hall–Kier alpha value is -1.14. The summed E-state index contributed by atoms with van der Waals surface area (Å²) < 4.78 is 40.5. The highest BCUT2D eigenvalue weighted by molar-refractivity contribution is 7.89. The van der Waals surface area contributed by atoms with Gasteiger partial charge in [0.2, 0.25) is 10.0 Å². The molecule has 1 aromatic carbocycles. The molecule has 0 amide bonds. The molecule has 1 aliphatic rings. The van der Waals surface area contributed by atoms with Crippen LogP contribution in [0.1, 0.15) is 31.7 Å². The molecule has 0 aromatic heterocycles. The molecule has 0 unspecified atom stereocenters. The first-order valence-electron chi connectivity index (χ1n) is 6.92. The van der Waals surface area contributed by atoms with Crippen molar-refractivity contribution in [3.8, 4) is 0 Å². The number of nitrogens with zero attached hydrogens (tertiary/aromatic N) is 1. The summed E-state index contributed by atoms with van der Waals surface area (Å²) in [6.07, 6.45) is 3.29. The molecule has 0 saturated heterocycles. The monoisotopic (exact) mass is 300 g/mol. The summed E-state index contributed by atoms with van der Waals surface area (Å²) in [4.78, 5) is -0.0174. The smallest absolute Gasteiger partial charge is 0.243 e. The van der Waals surface area contributed by atoms with Gasteiger partial charge in [-0.05, 0) is 37.8 Å². The van der Waals surface area contributed by atoms with Crippen molar-refractivity contribution in [2.75, 3.05) is 18.8 Å². The van der Waals surface area contributed by atoms with E-state index < -0.39 is 15.8 Å². The normalized spacial score (nSPS) is 16.4. The summed E-state index contributed by atoms with van der Waals surface area (Å²) in [5, 5.41) is 0. The number of anilines is 1. The molecule has 1 fully saturated rings. The summed E-state index contributed by atoms with van der Waals surface area (Å²) >= 11 is 0. The lowest BCUT2D eigenvalue weighted by atomic mass is 9.85. The molecule has 4 nitrogen and oxygen atoms in total. The Morgan fingerprint density at radius 1 is 1.40 bits per heavy atom. The van der Waals surface area contributed by atoms with Crippen LogP contribution in [-0.2, 0) is 10.0 Å². The van der Waals surface area contributed by atoms with E-state index in [0.717, 1.165) is 25.3 Å². The van der Waals surface area contributed by atoms with Gasteiger partial charge in [-0.2, -0.15) is 4.31 Å². The predicted octanol–water partition coefficient (Wildman–Crippen LogP) is 2.53. The van der Waals surface area contributed by atoms with E-state index in [4.69, 9.17) is 5.73 Å². The molecule has 0 radical (unpaired) electrons. The van der Waals surface area contributed by atoms with Crippen LogP contribution in [0.15, 0.2) is 17.0 Å². The Morgan fingerprint density at radius 2 is 2.05 bits per heavy atom. The van der Waals surface area contributed by atoms with Crippen molar-refractivity contribution in [3.05, 3.63) is 23.5 Å². The van der Waals surface area contributed by atoms with Gasteiger partial charge in [-0.1, -0.05) is 13.3 Å². The fourth-order valence-electron chi connectivity index (χ4n) is 2.44. The minimum atomic E-state index is -3.68. The van der Waals surface area contributed by atoms with Crippen LogP contribution in [0, 0.1) is 18.7 Å². The van der Waals surface area contributed by atoms with Gasteiger partial charge in [-0.15, -0.1) is 0 Å². The minimum absolute atomic E-state index is 0.0174. The largest absolute Gasteiger partial charge is 0.399 e. The highest BCUT2D eigenvalue weighted by Gasteiger charge is 2.30. The van der Waals surface area contributed by atoms with E-state index in [1.54, 1.807) is 6.92 Å². The quantitative estimate of drug-likeness (QED) is 0.850. The van der Waals surface area contributed by atoms with Gasteiger partial charge < -0.3 is 5.73 Å². The fourth-order valence-corrected chi connectivity index (χ4v) is 4.24. The van der Waals surface area contributed by atoms with Crippen molar-refractivity contribution in [1.29, 1.82) is 0 Å². The van der Waals surface area contributed by atoms with E-state index in [9.17, 15) is 12.8 Å². The van der Waals surface area contributed by atoms with Crippen molar-refractivity contribution in [1.82, 2.24) is 4.31 Å². The predicted molar refractivity (Wildman–Crippen MR) is 77.3 cm³/mol. The van der Waals surface area contributed by atoms with Crippen molar-refractivity contribution in [2.24, 2.45) is 5.92 Å². The first-order valence-corrected chi connectivity index (χ1v) is 8.36. The summed E-state index contributed by atoms with van der Waals surface area (Å²) in [5.41, 5.74) is 5.84. The Kier molecular flexibility index (Phi) is 4.34. The van der Waals surface area contributed by atoms with Crippen LogP contribution in [0.4, 0.5) is 10.1 Å². The van der Waals surface area contributed by atoms with Gasteiger partial charge >= 0.3 is 0 Å². The lowest BCUT2D eigenvalue weighted by molar-refractivity contribution is 0.250. The van der Waals surface area contributed by atoms with Gasteiger partial charge in [-0.25, -0.2) is 12.8 Å². The number of hydrogen-bond acceptors (Lipinski definition) is 3. The van der Waals surface area contributed by atoms with Crippen molar-refractivity contribution < 1.29 is 12.8 Å². The molecule has 0 bridgehead atoms. The second-order valence-corrected chi connectivity index (χ2v) is 7.28. The zero-order valence-electron chi connectivity index (χ0n) is 11.9. The summed E-state index contributed by atoms with van der Waals surface area (Å²) in [5.74, 6) is -0.154. The van der Waals surface area contributed by atoms with E-state index in [1.165, 1.54) is 17.3 Å². The molecular formula is C14H21FN2O2S. The molecule has 0 atom stereocenters. The molecule has 1 aromatic rings. The average Bonchev–Trinajstić information content (AvgIpc) is 2.32. The molecule has 0 heterocycles. The van der Waals surface area contributed by atoms with E-state index in [1.807, 2.05) is 0 Å². The van der Waals surface area contributed by atoms with Gasteiger partial charge in [0.05, 0.1) is 4.90 Å². The Morgan fingerprint density at radius 3 is 2.55 bits per heavy atom. The van der Waals surface area contributed by atoms with Crippen LogP contribution in [0.5, 0.6) is 0 Å². The van der Waals surface area contributed by atoms with Crippen LogP contribution >= 0.6 is 0 Å². The molecule has 20 heavy (non-hydrogen) atoms. The molecule has 112 valence electrons. The Balaban J connectivity index is 2.37. The summed E-state index contributed by atoms with van der Waals surface area (Å²) in [7, 11) is -3.68. The molecule has 1 saturated carbocycles. The van der Waals surface area contributed by atoms with Gasteiger partial charge in [0.25, 0.3) is 0 Å². The maximum atomic E-state index is 13.7. The zero-order valence-corrected chi connectivity index (χ0v) is 12.7. The van der Waals surface area contributed by atoms with E-state index >= 15 is 0 Å². The Bertz CT molecular complexity index is 597. The van der Waals surface area contributed by atoms with Crippen LogP contribution in [0.3, 0.4) is 0 Å². The molecule has 6 heteroatoms. The second kappa shape index (κ2) is 5.69. The lowest BCUT2D eigenvalue weighted by Gasteiger charge is -2.31.